The molecule has 0 aromatic heterocycles. The second-order valence-corrected chi connectivity index (χ2v) is 5.55. The van der Waals surface area contributed by atoms with Gasteiger partial charge in [0.25, 0.3) is 0 Å². The van der Waals surface area contributed by atoms with Gasteiger partial charge in [0.05, 0.1) is 0 Å². The van der Waals surface area contributed by atoms with Gasteiger partial charge in [-0.25, -0.2) is 0 Å². The first-order chi connectivity index (χ1) is 8.06. The maximum absolute atomic E-state index is 3.99. The van der Waals surface area contributed by atoms with Crippen LogP contribution in [0.25, 0.3) is 0 Å². The summed E-state index contributed by atoms with van der Waals surface area (Å²) in [6.07, 6.45) is 3.12. The number of hydrogen-bond donors (Lipinski definition) is 1. The molecule has 1 aromatic rings. The van der Waals surface area contributed by atoms with E-state index in [9.17, 15) is 0 Å². The van der Waals surface area contributed by atoms with Gasteiger partial charge in [-0.1, -0.05) is 57.2 Å². The van der Waals surface area contributed by atoms with Crippen molar-refractivity contribution in [2.24, 2.45) is 11.3 Å². The predicted octanol–water partition coefficient (Wildman–Crippen LogP) is 3.67. The maximum Gasteiger partial charge on any atom is 0.00431 e. The van der Waals surface area contributed by atoms with Crippen LogP contribution in [0, 0.1) is 11.3 Å². The van der Waals surface area contributed by atoms with Gasteiger partial charge in [0.2, 0.25) is 0 Å². The van der Waals surface area contributed by atoms with Crippen molar-refractivity contribution < 1.29 is 0 Å². The normalized spacial score (nSPS) is 14.6. The Morgan fingerprint density at radius 1 is 1.29 bits per heavy atom. The summed E-state index contributed by atoms with van der Waals surface area (Å²) < 4.78 is 0. The van der Waals surface area contributed by atoms with Crippen molar-refractivity contribution in [1.29, 1.82) is 0 Å². The van der Waals surface area contributed by atoms with Crippen LogP contribution in [0.15, 0.2) is 43.0 Å². The standard InChI is InChI=1S/C16H25N/c1-5-16(4,13-17-12-14(2)3)11-15-9-7-6-8-10-15/h5-10,14,17H,1,11-13H2,2-4H3. The number of benzene rings is 1. The lowest BCUT2D eigenvalue weighted by atomic mass is 9.83. The minimum Gasteiger partial charge on any atom is -0.316 e. The van der Waals surface area contributed by atoms with Crippen molar-refractivity contribution in [3.63, 3.8) is 0 Å². The zero-order chi connectivity index (χ0) is 12.7. The first kappa shape index (κ1) is 14.0. The highest BCUT2D eigenvalue weighted by atomic mass is 14.9. The third-order valence-corrected chi connectivity index (χ3v) is 3.03. The van der Waals surface area contributed by atoms with Crippen LogP contribution in [0.2, 0.25) is 0 Å². The Kier molecular flexibility index (Phi) is 5.43. The molecule has 1 nitrogen and oxygen atoms in total. The van der Waals surface area contributed by atoms with Gasteiger partial charge in [-0.15, -0.1) is 6.58 Å². The summed E-state index contributed by atoms with van der Waals surface area (Å²) in [6, 6.07) is 10.6. The highest BCUT2D eigenvalue weighted by Crippen LogP contribution is 2.23. The number of rotatable bonds is 7. The Balaban J connectivity index is 2.53. The summed E-state index contributed by atoms with van der Waals surface area (Å²) >= 11 is 0. The predicted molar refractivity (Wildman–Crippen MR) is 76.2 cm³/mol. The van der Waals surface area contributed by atoms with E-state index in [2.05, 4.69) is 69.1 Å². The number of nitrogens with one attached hydrogen (secondary N) is 1. The molecule has 0 saturated heterocycles. The van der Waals surface area contributed by atoms with Crippen LogP contribution in [-0.4, -0.2) is 13.1 Å². The van der Waals surface area contributed by atoms with E-state index >= 15 is 0 Å². The van der Waals surface area contributed by atoms with Crippen molar-refractivity contribution >= 4 is 0 Å². The smallest absolute Gasteiger partial charge is 0.00431 e. The fourth-order valence-corrected chi connectivity index (χ4v) is 1.92. The van der Waals surface area contributed by atoms with Crippen LogP contribution in [0.3, 0.4) is 0 Å². The first-order valence-electron chi connectivity index (χ1n) is 6.44. The first-order valence-corrected chi connectivity index (χ1v) is 6.44. The van der Waals surface area contributed by atoms with E-state index in [1.807, 2.05) is 0 Å². The van der Waals surface area contributed by atoms with E-state index in [1.165, 1.54) is 5.56 Å². The van der Waals surface area contributed by atoms with E-state index in [-0.39, 0.29) is 5.41 Å². The molecule has 0 heterocycles. The quantitative estimate of drug-likeness (QED) is 0.706. The van der Waals surface area contributed by atoms with E-state index in [0.717, 1.165) is 19.5 Å². The third kappa shape index (κ3) is 5.18. The topological polar surface area (TPSA) is 12.0 Å². The second kappa shape index (κ2) is 6.61. The van der Waals surface area contributed by atoms with Gasteiger partial charge in [-0.3, -0.25) is 0 Å². The van der Waals surface area contributed by atoms with E-state index in [1.54, 1.807) is 0 Å². The van der Waals surface area contributed by atoms with Crippen molar-refractivity contribution in [1.82, 2.24) is 5.32 Å². The highest BCUT2D eigenvalue weighted by Gasteiger charge is 2.20. The fraction of sp³-hybridized carbons (Fsp3) is 0.500. The van der Waals surface area contributed by atoms with Gasteiger partial charge in [0, 0.05) is 12.0 Å². The fourth-order valence-electron chi connectivity index (χ4n) is 1.92. The monoisotopic (exact) mass is 231 g/mol. The molecular formula is C16H25N. The van der Waals surface area contributed by atoms with Crippen LogP contribution in [0.5, 0.6) is 0 Å². The van der Waals surface area contributed by atoms with Crippen molar-refractivity contribution in [3.05, 3.63) is 48.6 Å². The lowest BCUT2D eigenvalue weighted by molar-refractivity contribution is 0.378. The maximum atomic E-state index is 3.99. The van der Waals surface area contributed by atoms with Crippen molar-refractivity contribution in [2.45, 2.75) is 27.2 Å². The Hall–Kier alpha value is -1.08. The van der Waals surface area contributed by atoms with Gasteiger partial charge in [-0.05, 0) is 24.4 Å². The molecule has 0 bridgehead atoms. The molecule has 17 heavy (non-hydrogen) atoms. The minimum atomic E-state index is 0.135. The molecule has 1 aromatic carbocycles. The number of hydrogen-bond acceptors (Lipinski definition) is 1. The molecule has 0 radical (unpaired) electrons. The zero-order valence-corrected chi connectivity index (χ0v) is 11.4. The molecule has 0 saturated carbocycles. The Morgan fingerprint density at radius 3 is 2.47 bits per heavy atom. The highest BCUT2D eigenvalue weighted by molar-refractivity contribution is 5.18. The van der Waals surface area contributed by atoms with Gasteiger partial charge >= 0.3 is 0 Å². The molecule has 0 amide bonds. The molecule has 1 rings (SSSR count). The van der Waals surface area contributed by atoms with Crippen molar-refractivity contribution in [2.75, 3.05) is 13.1 Å². The van der Waals surface area contributed by atoms with Crippen LogP contribution in [0.1, 0.15) is 26.3 Å². The van der Waals surface area contributed by atoms with Crippen LogP contribution in [-0.2, 0) is 6.42 Å². The average molecular weight is 231 g/mol. The van der Waals surface area contributed by atoms with Crippen LogP contribution >= 0.6 is 0 Å². The van der Waals surface area contributed by atoms with E-state index in [4.69, 9.17) is 0 Å². The molecule has 0 aliphatic carbocycles. The van der Waals surface area contributed by atoms with E-state index in [0.29, 0.717) is 5.92 Å². The van der Waals surface area contributed by atoms with Gasteiger partial charge in [-0.2, -0.15) is 0 Å². The molecular weight excluding hydrogens is 206 g/mol. The molecule has 1 unspecified atom stereocenters. The van der Waals surface area contributed by atoms with Gasteiger partial charge in [0.15, 0.2) is 0 Å². The summed E-state index contributed by atoms with van der Waals surface area (Å²) in [6.45, 7) is 12.8. The van der Waals surface area contributed by atoms with Crippen LogP contribution < -0.4 is 5.32 Å². The Labute approximate surface area is 106 Å². The molecule has 0 aliphatic rings. The summed E-state index contributed by atoms with van der Waals surface area (Å²) in [7, 11) is 0. The Bertz CT molecular complexity index is 329. The van der Waals surface area contributed by atoms with Crippen molar-refractivity contribution in [3.8, 4) is 0 Å². The SMILES string of the molecule is C=CC(C)(CNCC(C)C)Cc1ccccc1. The van der Waals surface area contributed by atoms with Gasteiger partial charge in [0.1, 0.15) is 0 Å². The van der Waals surface area contributed by atoms with Gasteiger partial charge < -0.3 is 5.32 Å². The largest absolute Gasteiger partial charge is 0.316 e. The summed E-state index contributed by atoms with van der Waals surface area (Å²) in [5, 5.41) is 3.53. The molecule has 0 spiro atoms. The molecule has 1 atom stereocenters. The average Bonchev–Trinajstić information content (AvgIpc) is 2.30. The summed E-state index contributed by atoms with van der Waals surface area (Å²) in [4.78, 5) is 0. The lowest BCUT2D eigenvalue weighted by Gasteiger charge is -2.27. The molecule has 1 heteroatoms. The Morgan fingerprint density at radius 2 is 1.94 bits per heavy atom. The molecule has 94 valence electrons. The third-order valence-electron chi connectivity index (χ3n) is 3.03. The zero-order valence-electron chi connectivity index (χ0n) is 11.4. The lowest BCUT2D eigenvalue weighted by Crippen LogP contribution is -2.34. The second-order valence-electron chi connectivity index (χ2n) is 5.55. The van der Waals surface area contributed by atoms with E-state index < -0.39 is 0 Å². The summed E-state index contributed by atoms with van der Waals surface area (Å²) in [5.41, 5.74) is 1.51. The minimum absolute atomic E-state index is 0.135. The molecule has 1 N–H and O–H groups in total. The molecule has 0 fully saturated rings. The molecule has 0 aliphatic heterocycles. The summed E-state index contributed by atoms with van der Waals surface area (Å²) in [5.74, 6) is 0.695. The van der Waals surface area contributed by atoms with Crippen LogP contribution in [0.4, 0.5) is 0 Å².